The summed E-state index contributed by atoms with van der Waals surface area (Å²) in [6.07, 6.45) is 9.15. The van der Waals surface area contributed by atoms with Crippen LogP contribution in [-0.2, 0) is 6.54 Å². The molecule has 0 heterocycles. The summed E-state index contributed by atoms with van der Waals surface area (Å²) in [5, 5.41) is 4.35. The summed E-state index contributed by atoms with van der Waals surface area (Å²) in [6.45, 7) is 1.80. The Morgan fingerprint density at radius 1 is 1.11 bits per heavy atom. The molecule has 0 atom stereocenters. The Morgan fingerprint density at radius 2 is 1.89 bits per heavy atom. The Morgan fingerprint density at radius 3 is 2.53 bits per heavy atom. The normalized spacial score (nSPS) is 15.1. The van der Waals surface area contributed by atoms with E-state index >= 15 is 0 Å². The van der Waals surface area contributed by atoms with Gasteiger partial charge < -0.3 is 0 Å². The molecule has 0 aromatic heterocycles. The molecule has 3 heteroatoms. The van der Waals surface area contributed by atoms with Gasteiger partial charge in [0.15, 0.2) is 0 Å². The lowest BCUT2D eigenvalue weighted by Gasteiger charge is -2.31. The largest absolute Gasteiger partial charge is 0.244 e. The third kappa shape index (κ3) is 4.31. The fraction of sp³-hybridized carbons (Fsp3) is 0.375. The van der Waals surface area contributed by atoms with Crippen molar-refractivity contribution in [3.05, 3.63) is 59.7 Å². The van der Waals surface area contributed by atoms with E-state index in [4.69, 9.17) is 0 Å². The molecule has 1 aliphatic carbocycles. The van der Waals surface area contributed by atoms with Gasteiger partial charge in [0.2, 0.25) is 0 Å². The third-order valence-corrected chi connectivity index (χ3v) is 3.33. The molecule has 0 unspecified atom stereocenters. The van der Waals surface area contributed by atoms with Crippen LogP contribution in [0.1, 0.15) is 18.4 Å². The lowest BCUT2D eigenvalue weighted by atomic mass is 10.1. The van der Waals surface area contributed by atoms with E-state index in [1.54, 1.807) is 0 Å². The van der Waals surface area contributed by atoms with Crippen molar-refractivity contribution in [2.75, 3.05) is 20.6 Å². The van der Waals surface area contributed by atoms with Crippen molar-refractivity contribution in [2.45, 2.75) is 19.4 Å². The Labute approximate surface area is 116 Å². The van der Waals surface area contributed by atoms with Gasteiger partial charge in [0.1, 0.15) is 0 Å². The summed E-state index contributed by atoms with van der Waals surface area (Å²) in [4.78, 5) is 0. The molecule has 1 aromatic rings. The fourth-order valence-corrected chi connectivity index (χ4v) is 2.26. The highest BCUT2D eigenvalue weighted by atomic mass is 15.8. The van der Waals surface area contributed by atoms with Crippen LogP contribution >= 0.6 is 0 Å². The molecule has 0 saturated heterocycles. The lowest BCUT2D eigenvalue weighted by molar-refractivity contribution is -0.0424. The summed E-state index contributed by atoms with van der Waals surface area (Å²) in [7, 11) is 4.08. The Hall–Kier alpha value is -1.42. The van der Waals surface area contributed by atoms with Crippen molar-refractivity contribution in [1.82, 2.24) is 15.6 Å². The number of hydrogen-bond donors (Lipinski definition) is 1. The third-order valence-electron chi connectivity index (χ3n) is 3.33. The average molecular weight is 257 g/mol. The van der Waals surface area contributed by atoms with Gasteiger partial charge in [-0.15, -0.1) is 0 Å². The van der Waals surface area contributed by atoms with Gasteiger partial charge in [0.05, 0.1) is 6.54 Å². The average Bonchev–Trinajstić information content (AvgIpc) is 2.47. The van der Waals surface area contributed by atoms with Crippen molar-refractivity contribution in [2.24, 2.45) is 0 Å². The number of rotatable bonds is 6. The predicted molar refractivity (Wildman–Crippen MR) is 80.1 cm³/mol. The first kappa shape index (κ1) is 14.0. The molecule has 1 aromatic carbocycles. The van der Waals surface area contributed by atoms with Gasteiger partial charge >= 0.3 is 0 Å². The van der Waals surface area contributed by atoms with Gasteiger partial charge in [-0.3, -0.25) is 0 Å². The number of nitrogens with zero attached hydrogens (tertiary/aromatic N) is 2. The molecule has 0 aliphatic heterocycles. The number of nitrogens with one attached hydrogen (secondary N) is 1. The van der Waals surface area contributed by atoms with E-state index in [0.29, 0.717) is 0 Å². The van der Waals surface area contributed by atoms with Gasteiger partial charge in [0, 0.05) is 20.6 Å². The second-order valence-corrected chi connectivity index (χ2v) is 4.84. The van der Waals surface area contributed by atoms with Crippen molar-refractivity contribution < 1.29 is 0 Å². The number of hydrogen-bond acceptors (Lipinski definition) is 3. The summed E-state index contributed by atoms with van der Waals surface area (Å²) < 4.78 is 0. The maximum absolute atomic E-state index is 3.25. The zero-order valence-corrected chi connectivity index (χ0v) is 11.8. The molecule has 3 nitrogen and oxygen atoms in total. The van der Waals surface area contributed by atoms with Gasteiger partial charge in [-0.2, -0.15) is 5.12 Å². The van der Waals surface area contributed by atoms with Crippen LogP contribution in [0.4, 0.5) is 0 Å². The summed E-state index contributed by atoms with van der Waals surface area (Å²) in [6, 6.07) is 10.5. The number of hydrazine groups is 2. The Kier molecular flexibility index (Phi) is 5.33. The van der Waals surface area contributed by atoms with Gasteiger partial charge in [-0.1, -0.05) is 48.6 Å². The zero-order chi connectivity index (χ0) is 13.5. The van der Waals surface area contributed by atoms with E-state index in [-0.39, 0.29) is 0 Å². The van der Waals surface area contributed by atoms with E-state index in [1.165, 1.54) is 17.6 Å². The van der Waals surface area contributed by atoms with Crippen LogP contribution in [-0.4, -0.2) is 30.8 Å². The van der Waals surface area contributed by atoms with Crippen molar-refractivity contribution in [1.29, 1.82) is 0 Å². The van der Waals surface area contributed by atoms with Crippen LogP contribution in [0, 0.1) is 0 Å². The van der Waals surface area contributed by atoms with Crippen molar-refractivity contribution >= 4 is 0 Å². The van der Waals surface area contributed by atoms with Gasteiger partial charge in [-0.25, -0.2) is 10.4 Å². The molecule has 0 saturated carbocycles. The van der Waals surface area contributed by atoms with Gasteiger partial charge in [0.25, 0.3) is 0 Å². The summed E-state index contributed by atoms with van der Waals surface area (Å²) in [5.74, 6) is 0. The highest BCUT2D eigenvalue weighted by Crippen LogP contribution is 2.12. The van der Waals surface area contributed by atoms with Crippen LogP contribution in [0.3, 0.4) is 0 Å². The molecule has 102 valence electrons. The quantitative estimate of drug-likeness (QED) is 0.791. The Bertz CT molecular complexity index is 437. The minimum absolute atomic E-state index is 0.866. The van der Waals surface area contributed by atoms with Crippen LogP contribution in [0.15, 0.2) is 54.1 Å². The molecular weight excluding hydrogens is 234 g/mol. The molecule has 0 bridgehead atoms. The number of likely N-dealkylation sites (N-methyl/N-ethyl adjacent to an activating group) is 1. The van der Waals surface area contributed by atoms with Crippen LogP contribution < -0.4 is 5.43 Å². The van der Waals surface area contributed by atoms with E-state index in [2.05, 4.69) is 71.2 Å². The summed E-state index contributed by atoms with van der Waals surface area (Å²) in [5.41, 5.74) is 5.94. The minimum atomic E-state index is 0.866. The second kappa shape index (κ2) is 7.24. The molecule has 0 fully saturated rings. The van der Waals surface area contributed by atoms with Crippen molar-refractivity contribution in [3.63, 3.8) is 0 Å². The van der Waals surface area contributed by atoms with Crippen LogP contribution in [0.2, 0.25) is 0 Å². The SMILES string of the molecule is CNN(Cc1ccccc1)N(C)CC1=CCCC=C1. The zero-order valence-electron chi connectivity index (χ0n) is 11.8. The smallest absolute Gasteiger partial charge is 0.0540 e. The number of benzene rings is 1. The standard InChI is InChI=1S/C16H23N3/c1-17-19(14-16-11-7-4-8-12-16)18(2)13-15-9-5-3-6-10-15/h4-5,7-12,17H,3,6,13-14H2,1-2H3. The highest BCUT2D eigenvalue weighted by Gasteiger charge is 2.11. The first-order chi connectivity index (χ1) is 9.29. The molecule has 0 spiro atoms. The molecule has 0 radical (unpaired) electrons. The number of allylic oxidation sites excluding steroid dienone is 2. The summed E-state index contributed by atoms with van der Waals surface area (Å²) >= 11 is 0. The molecule has 19 heavy (non-hydrogen) atoms. The van der Waals surface area contributed by atoms with Crippen molar-refractivity contribution in [3.8, 4) is 0 Å². The van der Waals surface area contributed by atoms with E-state index in [0.717, 1.165) is 19.5 Å². The first-order valence-electron chi connectivity index (χ1n) is 6.85. The maximum atomic E-state index is 3.25. The molecule has 1 aliphatic rings. The first-order valence-corrected chi connectivity index (χ1v) is 6.85. The van der Waals surface area contributed by atoms with E-state index in [1.807, 2.05) is 7.05 Å². The van der Waals surface area contributed by atoms with Gasteiger partial charge in [-0.05, 0) is 24.0 Å². The van der Waals surface area contributed by atoms with E-state index in [9.17, 15) is 0 Å². The van der Waals surface area contributed by atoms with Crippen LogP contribution in [0.5, 0.6) is 0 Å². The predicted octanol–water partition coefficient (Wildman–Crippen LogP) is 2.75. The molecule has 2 rings (SSSR count). The van der Waals surface area contributed by atoms with Crippen LogP contribution in [0.25, 0.3) is 0 Å². The molecule has 1 N–H and O–H groups in total. The topological polar surface area (TPSA) is 18.5 Å². The second-order valence-electron chi connectivity index (χ2n) is 4.84. The minimum Gasteiger partial charge on any atom is -0.244 e. The fourth-order valence-electron chi connectivity index (χ4n) is 2.26. The highest BCUT2D eigenvalue weighted by molar-refractivity contribution is 5.23. The Balaban J connectivity index is 1.93. The monoisotopic (exact) mass is 257 g/mol. The molecule has 0 amide bonds. The molecular formula is C16H23N3. The lowest BCUT2D eigenvalue weighted by Crippen LogP contribution is -2.47. The van der Waals surface area contributed by atoms with E-state index < -0.39 is 0 Å². The maximum Gasteiger partial charge on any atom is 0.0540 e.